The van der Waals surface area contributed by atoms with Gasteiger partial charge in [0.15, 0.2) is 0 Å². The van der Waals surface area contributed by atoms with Gasteiger partial charge in [0.05, 0.1) is 18.0 Å². The molecule has 3 aromatic rings. The van der Waals surface area contributed by atoms with Crippen LogP contribution in [0.15, 0.2) is 40.5 Å². The van der Waals surface area contributed by atoms with Crippen LogP contribution in [0.5, 0.6) is 0 Å². The lowest BCUT2D eigenvalue weighted by Crippen LogP contribution is -2.34. The predicted octanol–water partition coefficient (Wildman–Crippen LogP) is 2.84. The molecule has 0 atom stereocenters. The van der Waals surface area contributed by atoms with Crippen LogP contribution in [-0.2, 0) is 6.54 Å². The quantitative estimate of drug-likeness (QED) is 0.738. The minimum atomic E-state index is -0.209. The summed E-state index contributed by atoms with van der Waals surface area (Å²) in [6.45, 7) is 4.18. The van der Waals surface area contributed by atoms with E-state index in [0.717, 1.165) is 22.0 Å². The third-order valence-electron chi connectivity index (χ3n) is 4.14. The second-order valence-electron chi connectivity index (χ2n) is 6.09. The van der Waals surface area contributed by atoms with Crippen molar-refractivity contribution in [3.05, 3.63) is 67.6 Å². The number of pyridine rings is 1. The number of carbonyl (C=O) groups is 1. The summed E-state index contributed by atoms with van der Waals surface area (Å²) in [7, 11) is 0. The number of nitrogens with one attached hydrogen (secondary N) is 1. The summed E-state index contributed by atoms with van der Waals surface area (Å²) < 4.78 is 0. The SMILES string of the molecule is Cc1cc(C)c2cc(CN(CCO)C(=O)c3cccs3)c(=O)[nH]c2c1. The summed E-state index contributed by atoms with van der Waals surface area (Å²) in [6.07, 6.45) is 0. The highest BCUT2D eigenvalue weighted by Crippen LogP contribution is 2.20. The summed E-state index contributed by atoms with van der Waals surface area (Å²) in [5.41, 5.74) is 3.26. The molecule has 0 aliphatic carbocycles. The van der Waals surface area contributed by atoms with Gasteiger partial charge in [-0.05, 0) is 48.6 Å². The van der Waals surface area contributed by atoms with E-state index in [1.54, 1.807) is 6.07 Å². The molecule has 0 radical (unpaired) electrons. The molecule has 0 saturated carbocycles. The number of nitrogens with zero attached hydrogens (tertiary/aromatic N) is 1. The number of amides is 1. The van der Waals surface area contributed by atoms with Crippen molar-refractivity contribution in [3.8, 4) is 0 Å². The summed E-state index contributed by atoms with van der Waals surface area (Å²) >= 11 is 1.35. The molecular formula is C19H20N2O3S. The maximum absolute atomic E-state index is 12.6. The van der Waals surface area contributed by atoms with Gasteiger partial charge >= 0.3 is 0 Å². The lowest BCUT2D eigenvalue weighted by atomic mass is 10.0. The van der Waals surface area contributed by atoms with Crippen LogP contribution in [0, 0.1) is 13.8 Å². The zero-order valence-electron chi connectivity index (χ0n) is 14.2. The average Bonchev–Trinajstić information content (AvgIpc) is 3.09. The Morgan fingerprint density at radius 3 is 2.76 bits per heavy atom. The zero-order chi connectivity index (χ0) is 18.0. The van der Waals surface area contributed by atoms with E-state index in [2.05, 4.69) is 11.1 Å². The Bertz CT molecular complexity index is 961. The van der Waals surface area contributed by atoms with Gasteiger partial charge in [0.1, 0.15) is 0 Å². The van der Waals surface area contributed by atoms with E-state index in [1.807, 2.05) is 37.4 Å². The van der Waals surface area contributed by atoms with Gasteiger partial charge in [-0.25, -0.2) is 0 Å². The molecule has 0 saturated heterocycles. The molecule has 1 aromatic carbocycles. The highest BCUT2D eigenvalue weighted by atomic mass is 32.1. The number of hydrogen-bond donors (Lipinski definition) is 2. The monoisotopic (exact) mass is 356 g/mol. The molecule has 0 bridgehead atoms. The van der Waals surface area contributed by atoms with Crippen LogP contribution < -0.4 is 5.56 Å². The van der Waals surface area contributed by atoms with E-state index in [0.29, 0.717) is 10.4 Å². The number of rotatable bonds is 5. The Hall–Kier alpha value is -2.44. The predicted molar refractivity (Wildman–Crippen MR) is 100 cm³/mol. The number of aliphatic hydroxyl groups excluding tert-OH is 1. The molecule has 0 aliphatic rings. The number of aryl methyl sites for hydroxylation is 2. The fraction of sp³-hybridized carbons (Fsp3) is 0.263. The van der Waals surface area contributed by atoms with E-state index in [-0.39, 0.29) is 31.2 Å². The largest absolute Gasteiger partial charge is 0.395 e. The lowest BCUT2D eigenvalue weighted by Gasteiger charge is -2.21. The van der Waals surface area contributed by atoms with Crippen molar-refractivity contribution in [1.82, 2.24) is 9.88 Å². The molecule has 6 heteroatoms. The third kappa shape index (κ3) is 3.65. The highest BCUT2D eigenvalue weighted by molar-refractivity contribution is 7.12. The summed E-state index contributed by atoms with van der Waals surface area (Å²) in [5.74, 6) is -0.177. The van der Waals surface area contributed by atoms with E-state index >= 15 is 0 Å². The van der Waals surface area contributed by atoms with Crippen molar-refractivity contribution in [2.75, 3.05) is 13.2 Å². The van der Waals surface area contributed by atoms with Crippen molar-refractivity contribution in [1.29, 1.82) is 0 Å². The second-order valence-corrected chi connectivity index (χ2v) is 7.04. The van der Waals surface area contributed by atoms with Gasteiger partial charge in [-0.1, -0.05) is 12.1 Å². The molecule has 0 unspecified atom stereocenters. The van der Waals surface area contributed by atoms with Crippen LogP contribution in [0.3, 0.4) is 0 Å². The first-order valence-electron chi connectivity index (χ1n) is 8.06. The van der Waals surface area contributed by atoms with Crippen LogP contribution in [0.2, 0.25) is 0 Å². The van der Waals surface area contributed by atoms with Crippen molar-refractivity contribution in [2.45, 2.75) is 20.4 Å². The number of aliphatic hydroxyl groups is 1. The van der Waals surface area contributed by atoms with Crippen molar-refractivity contribution in [3.63, 3.8) is 0 Å². The summed E-state index contributed by atoms with van der Waals surface area (Å²) in [5, 5.41) is 12.1. The Morgan fingerprint density at radius 1 is 1.28 bits per heavy atom. The van der Waals surface area contributed by atoms with Crippen LogP contribution >= 0.6 is 11.3 Å². The van der Waals surface area contributed by atoms with Crippen molar-refractivity contribution >= 4 is 28.1 Å². The fourth-order valence-electron chi connectivity index (χ4n) is 2.97. The minimum Gasteiger partial charge on any atom is -0.395 e. The van der Waals surface area contributed by atoms with Crippen molar-refractivity contribution < 1.29 is 9.90 Å². The topological polar surface area (TPSA) is 73.4 Å². The fourth-order valence-corrected chi connectivity index (χ4v) is 3.66. The maximum Gasteiger partial charge on any atom is 0.264 e. The van der Waals surface area contributed by atoms with E-state index in [9.17, 15) is 14.7 Å². The normalized spacial score (nSPS) is 11.0. The van der Waals surface area contributed by atoms with E-state index in [4.69, 9.17) is 0 Å². The number of benzene rings is 1. The standard InChI is InChI=1S/C19H20N2O3S/c1-12-8-13(2)15-10-14(18(23)20-16(15)9-12)11-21(5-6-22)19(24)17-4-3-7-25-17/h3-4,7-10,22H,5-6,11H2,1-2H3,(H,20,23). The van der Waals surface area contributed by atoms with Crippen LogP contribution in [0.4, 0.5) is 0 Å². The van der Waals surface area contributed by atoms with Gasteiger partial charge in [0, 0.05) is 23.0 Å². The number of H-pyrrole nitrogens is 1. The lowest BCUT2D eigenvalue weighted by molar-refractivity contribution is 0.0712. The van der Waals surface area contributed by atoms with Crippen LogP contribution in [-0.4, -0.2) is 34.0 Å². The molecule has 2 aromatic heterocycles. The molecule has 5 nitrogen and oxygen atoms in total. The van der Waals surface area contributed by atoms with Crippen molar-refractivity contribution in [2.24, 2.45) is 0 Å². The molecule has 2 heterocycles. The third-order valence-corrected chi connectivity index (χ3v) is 5.00. The van der Waals surface area contributed by atoms with Gasteiger partial charge in [-0.2, -0.15) is 0 Å². The van der Waals surface area contributed by atoms with Gasteiger partial charge in [0.25, 0.3) is 11.5 Å². The van der Waals surface area contributed by atoms with E-state index in [1.165, 1.54) is 16.2 Å². The molecule has 1 amide bonds. The van der Waals surface area contributed by atoms with Gasteiger partial charge in [-0.15, -0.1) is 11.3 Å². The van der Waals surface area contributed by atoms with Crippen LogP contribution in [0.1, 0.15) is 26.4 Å². The first kappa shape index (κ1) is 17.4. The highest BCUT2D eigenvalue weighted by Gasteiger charge is 2.18. The Kier molecular flexibility index (Phi) is 5.01. The molecule has 3 rings (SSSR count). The molecule has 25 heavy (non-hydrogen) atoms. The molecule has 0 fully saturated rings. The molecule has 130 valence electrons. The number of aromatic amines is 1. The second kappa shape index (κ2) is 7.21. The summed E-state index contributed by atoms with van der Waals surface area (Å²) in [4.78, 5) is 30.1. The Morgan fingerprint density at radius 2 is 2.08 bits per heavy atom. The van der Waals surface area contributed by atoms with Gasteiger partial charge in [-0.3, -0.25) is 9.59 Å². The van der Waals surface area contributed by atoms with Gasteiger partial charge in [0.2, 0.25) is 0 Å². The zero-order valence-corrected chi connectivity index (χ0v) is 15.0. The molecule has 2 N–H and O–H groups in total. The first-order valence-corrected chi connectivity index (χ1v) is 8.94. The Balaban J connectivity index is 1.98. The number of fused-ring (bicyclic) bond motifs is 1. The number of aromatic nitrogens is 1. The number of thiophene rings is 1. The first-order chi connectivity index (χ1) is 12.0. The molecular weight excluding hydrogens is 336 g/mol. The average molecular weight is 356 g/mol. The summed E-state index contributed by atoms with van der Waals surface area (Å²) in [6, 6.07) is 9.40. The van der Waals surface area contributed by atoms with E-state index < -0.39 is 0 Å². The van der Waals surface area contributed by atoms with Gasteiger partial charge < -0.3 is 15.0 Å². The number of hydrogen-bond acceptors (Lipinski definition) is 4. The smallest absolute Gasteiger partial charge is 0.264 e. The minimum absolute atomic E-state index is 0.152. The molecule has 0 spiro atoms. The van der Waals surface area contributed by atoms with Crippen LogP contribution in [0.25, 0.3) is 10.9 Å². The Labute approximate surface area is 149 Å². The number of carbonyl (C=O) groups excluding carboxylic acids is 1. The maximum atomic E-state index is 12.6. The molecule has 0 aliphatic heterocycles.